The normalized spacial score (nSPS) is 10.2. The van der Waals surface area contributed by atoms with E-state index in [2.05, 4.69) is 15.3 Å². The summed E-state index contributed by atoms with van der Waals surface area (Å²) in [7, 11) is 0. The Hall–Kier alpha value is -3.01. The number of anilines is 2. The Kier molecular flexibility index (Phi) is 3.92. The van der Waals surface area contributed by atoms with Gasteiger partial charge in [-0.1, -0.05) is 42.5 Å². The Morgan fingerprint density at radius 1 is 0.955 bits per heavy atom. The molecule has 2 aromatic carbocycles. The topological polar surface area (TPSA) is 54.9 Å². The molecule has 0 fully saturated rings. The Bertz CT molecular complexity index is 800. The molecule has 3 aromatic rings. The van der Waals surface area contributed by atoms with Crippen LogP contribution in [0.4, 0.5) is 11.5 Å². The van der Waals surface area contributed by atoms with E-state index in [0.29, 0.717) is 11.4 Å². The second-order valence-corrected chi connectivity index (χ2v) is 4.92. The first-order valence-corrected chi connectivity index (χ1v) is 6.98. The highest BCUT2D eigenvalue weighted by atomic mass is 16.1. The summed E-state index contributed by atoms with van der Waals surface area (Å²) < 4.78 is 0. The van der Waals surface area contributed by atoms with Crippen molar-refractivity contribution in [3.05, 3.63) is 72.6 Å². The quantitative estimate of drug-likeness (QED) is 0.735. The van der Waals surface area contributed by atoms with Crippen LogP contribution in [-0.2, 0) is 0 Å². The number of carbonyl (C=O) groups excluding carboxylic acids is 1. The number of nitrogens with one attached hydrogen (secondary N) is 1. The summed E-state index contributed by atoms with van der Waals surface area (Å²) in [6.45, 7) is 1.55. The van der Waals surface area contributed by atoms with Gasteiger partial charge in [0.05, 0.1) is 5.69 Å². The molecule has 0 unspecified atom stereocenters. The molecular weight excluding hydrogens is 274 g/mol. The number of Topliss-reactive ketones (excluding diaryl/α,β-unsaturated/α-hetero) is 1. The number of ketones is 1. The maximum atomic E-state index is 11.4. The molecule has 0 atom stereocenters. The third-order valence-corrected chi connectivity index (χ3v) is 3.28. The number of hydrogen-bond donors (Lipinski definition) is 1. The molecule has 0 aliphatic heterocycles. The van der Waals surface area contributed by atoms with Crippen molar-refractivity contribution in [1.29, 1.82) is 0 Å². The average Bonchev–Trinajstić information content (AvgIpc) is 2.56. The van der Waals surface area contributed by atoms with Gasteiger partial charge in [-0.2, -0.15) is 0 Å². The third kappa shape index (κ3) is 3.17. The molecule has 0 aliphatic rings. The lowest BCUT2D eigenvalue weighted by molar-refractivity contribution is 0.101. The SMILES string of the molecule is CC(=O)c1cccc(Nc2cc(-c3ccccc3)ncn2)c1. The van der Waals surface area contributed by atoms with Crippen molar-refractivity contribution >= 4 is 17.3 Å². The Balaban J connectivity index is 1.87. The molecule has 0 spiro atoms. The van der Waals surface area contributed by atoms with Gasteiger partial charge in [-0.25, -0.2) is 9.97 Å². The first-order chi connectivity index (χ1) is 10.7. The van der Waals surface area contributed by atoms with Crippen LogP contribution in [0.25, 0.3) is 11.3 Å². The molecule has 0 aliphatic carbocycles. The van der Waals surface area contributed by atoms with Crippen LogP contribution in [0, 0.1) is 0 Å². The summed E-state index contributed by atoms with van der Waals surface area (Å²) in [5.74, 6) is 0.728. The van der Waals surface area contributed by atoms with Crippen LogP contribution in [0.3, 0.4) is 0 Å². The van der Waals surface area contributed by atoms with Crippen LogP contribution in [0.2, 0.25) is 0 Å². The van der Waals surface area contributed by atoms with E-state index < -0.39 is 0 Å². The lowest BCUT2D eigenvalue weighted by atomic mass is 10.1. The van der Waals surface area contributed by atoms with Crippen molar-refractivity contribution in [2.45, 2.75) is 6.92 Å². The van der Waals surface area contributed by atoms with Crippen molar-refractivity contribution in [3.63, 3.8) is 0 Å². The zero-order chi connectivity index (χ0) is 15.4. The first kappa shape index (κ1) is 13.9. The third-order valence-electron chi connectivity index (χ3n) is 3.28. The minimum absolute atomic E-state index is 0.0383. The van der Waals surface area contributed by atoms with Crippen LogP contribution in [0.15, 0.2) is 67.0 Å². The van der Waals surface area contributed by atoms with E-state index in [0.717, 1.165) is 16.9 Å². The number of nitrogens with zero attached hydrogens (tertiary/aromatic N) is 2. The molecule has 4 heteroatoms. The zero-order valence-electron chi connectivity index (χ0n) is 12.2. The summed E-state index contributed by atoms with van der Waals surface area (Å²) in [4.78, 5) is 20.0. The molecule has 0 saturated heterocycles. The van der Waals surface area contributed by atoms with E-state index in [1.165, 1.54) is 6.33 Å². The molecule has 3 rings (SSSR count). The minimum Gasteiger partial charge on any atom is -0.340 e. The highest BCUT2D eigenvalue weighted by Crippen LogP contribution is 2.21. The van der Waals surface area contributed by atoms with Gasteiger partial charge in [0, 0.05) is 22.9 Å². The van der Waals surface area contributed by atoms with Gasteiger partial charge < -0.3 is 5.32 Å². The van der Waals surface area contributed by atoms with Crippen LogP contribution in [0.5, 0.6) is 0 Å². The number of rotatable bonds is 4. The first-order valence-electron chi connectivity index (χ1n) is 6.98. The number of benzene rings is 2. The van der Waals surface area contributed by atoms with Crippen LogP contribution in [-0.4, -0.2) is 15.8 Å². The van der Waals surface area contributed by atoms with Gasteiger partial charge in [0.15, 0.2) is 5.78 Å². The van der Waals surface area contributed by atoms with Gasteiger partial charge in [-0.3, -0.25) is 4.79 Å². The van der Waals surface area contributed by atoms with Gasteiger partial charge in [0.2, 0.25) is 0 Å². The molecule has 0 saturated carbocycles. The maximum absolute atomic E-state index is 11.4. The molecule has 0 amide bonds. The van der Waals surface area contributed by atoms with E-state index in [1.807, 2.05) is 54.6 Å². The largest absolute Gasteiger partial charge is 0.340 e. The molecule has 1 aromatic heterocycles. The van der Waals surface area contributed by atoms with Crippen LogP contribution < -0.4 is 5.32 Å². The molecule has 4 nitrogen and oxygen atoms in total. The molecule has 1 heterocycles. The number of carbonyl (C=O) groups is 1. The zero-order valence-corrected chi connectivity index (χ0v) is 12.2. The fraction of sp³-hybridized carbons (Fsp3) is 0.0556. The monoisotopic (exact) mass is 289 g/mol. The minimum atomic E-state index is 0.0383. The fourth-order valence-electron chi connectivity index (χ4n) is 2.16. The summed E-state index contributed by atoms with van der Waals surface area (Å²) >= 11 is 0. The van der Waals surface area contributed by atoms with Crippen LogP contribution in [0.1, 0.15) is 17.3 Å². The molecule has 0 bridgehead atoms. The summed E-state index contributed by atoms with van der Waals surface area (Å²) in [5.41, 5.74) is 3.37. The highest BCUT2D eigenvalue weighted by molar-refractivity contribution is 5.95. The smallest absolute Gasteiger partial charge is 0.159 e. The Morgan fingerprint density at radius 2 is 1.77 bits per heavy atom. The standard InChI is InChI=1S/C18H15N3O/c1-13(22)15-8-5-9-16(10-15)21-18-11-17(19-12-20-18)14-6-3-2-4-7-14/h2-12H,1H3,(H,19,20,21). The highest BCUT2D eigenvalue weighted by Gasteiger charge is 2.04. The Labute approximate surface area is 128 Å². The molecule has 0 radical (unpaired) electrons. The molecule has 1 N–H and O–H groups in total. The summed E-state index contributed by atoms with van der Waals surface area (Å²) in [6, 6.07) is 19.2. The van der Waals surface area contributed by atoms with Gasteiger partial charge in [-0.05, 0) is 19.1 Å². The van der Waals surface area contributed by atoms with Gasteiger partial charge in [0.1, 0.15) is 12.1 Å². The van der Waals surface area contributed by atoms with E-state index >= 15 is 0 Å². The van der Waals surface area contributed by atoms with Crippen molar-refractivity contribution in [1.82, 2.24) is 9.97 Å². The van der Waals surface area contributed by atoms with E-state index in [4.69, 9.17) is 0 Å². The van der Waals surface area contributed by atoms with Crippen LogP contribution >= 0.6 is 0 Å². The van der Waals surface area contributed by atoms with Gasteiger partial charge in [0.25, 0.3) is 0 Å². The van der Waals surface area contributed by atoms with Gasteiger partial charge >= 0.3 is 0 Å². The molecule has 108 valence electrons. The maximum Gasteiger partial charge on any atom is 0.159 e. The summed E-state index contributed by atoms with van der Waals surface area (Å²) in [5, 5.41) is 3.21. The van der Waals surface area contributed by atoms with Crippen molar-refractivity contribution in [2.75, 3.05) is 5.32 Å². The Morgan fingerprint density at radius 3 is 2.55 bits per heavy atom. The van der Waals surface area contributed by atoms with E-state index in [-0.39, 0.29) is 5.78 Å². The van der Waals surface area contributed by atoms with Crippen molar-refractivity contribution in [2.24, 2.45) is 0 Å². The average molecular weight is 289 g/mol. The number of hydrogen-bond acceptors (Lipinski definition) is 4. The molecular formula is C18H15N3O. The number of aromatic nitrogens is 2. The van der Waals surface area contributed by atoms with Gasteiger partial charge in [-0.15, -0.1) is 0 Å². The van der Waals surface area contributed by atoms with E-state index in [1.54, 1.807) is 13.0 Å². The van der Waals surface area contributed by atoms with Crippen molar-refractivity contribution in [3.8, 4) is 11.3 Å². The summed E-state index contributed by atoms with van der Waals surface area (Å²) in [6.07, 6.45) is 1.53. The predicted octanol–water partition coefficient (Wildman–Crippen LogP) is 4.09. The lowest BCUT2D eigenvalue weighted by Gasteiger charge is -2.08. The fourth-order valence-corrected chi connectivity index (χ4v) is 2.16. The second kappa shape index (κ2) is 6.18. The second-order valence-electron chi connectivity index (χ2n) is 4.92. The lowest BCUT2D eigenvalue weighted by Crippen LogP contribution is -1.98. The van der Waals surface area contributed by atoms with E-state index in [9.17, 15) is 4.79 Å². The molecule has 22 heavy (non-hydrogen) atoms. The predicted molar refractivity (Wildman–Crippen MR) is 87.2 cm³/mol. The van der Waals surface area contributed by atoms with Crippen molar-refractivity contribution < 1.29 is 4.79 Å².